The van der Waals surface area contributed by atoms with E-state index in [2.05, 4.69) is 51.4 Å². The second-order valence-corrected chi connectivity index (χ2v) is 7.73. The molecule has 2 aliphatic heterocycles. The minimum absolute atomic E-state index is 0.174. The van der Waals surface area contributed by atoms with Gasteiger partial charge in [-0.1, -0.05) is 32.0 Å². The van der Waals surface area contributed by atoms with Gasteiger partial charge in [0.1, 0.15) is 11.9 Å². The van der Waals surface area contributed by atoms with Crippen LogP contribution < -0.4 is 15.4 Å². The Kier molecular flexibility index (Phi) is 7.35. The number of hydrogen-bond acceptors (Lipinski definition) is 4. The Morgan fingerprint density at radius 2 is 1.93 bits per heavy atom. The van der Waals surface area contributed by atoms with Crippen molar-refractivity contribution in [3.05, 3.63) is 29.8 Å². The summed E-state index contributed by atoms with van der Waals surface area (Å²) < 4.78 is 5.99. The summed E-state index contributed by atoms with van der Waals surface area (Å²) in [6, 6.07) is 8.29. The fourth-order valence-electron chi connectivity index (χ4n) is 3.86. The molecule has 0 bridgehead atoms. The summed E-state index contributed by atoms with van der Waals surface area (Å²) in [4.78, 5) is 9.46. The molecule has 3 rings (SSSR count). The van der Waals surface area contributed by atoms with Crippen molar-refractivity contribution in [3.8, 4) is 5.75 Å². The van der Waals surface area contributed by atoms with Crippen molar-refractivity contribution in [3.63, 3.8) is 0 Å². The summed E-state index contributed by atoms with van der Waals surface area (Å²) in [5, 5.41) is 6.88. The standard InChI is InChI=1S/C21H35N5O/c1-4-25-9-11-26(12-10-25)16-17(2)14-23-21(22-3)24-15-19-13-18-7-5-6-8-20(18)27-19/h5-8,17,19H,4,9-16H2,1-3H3,(H2,22,23,24). The molecular weight excluding hydrogens is 338 g/mol. The number of likely N-dealkylation sites (N-methyl/N-ethyl adjacent to an activating group) is 1. The average molecular weight is 374 g/mol. The highest BCUT2D eigenvalue weighted by atomic mass is 16.5. The Hall–Kier alpha value is -1.79. The van der Waals surface area contributed by atoms with Crippen molar-refractivity contribution in [2.45, 2.75) is 26.4 Å². The molecule has 2 aliphatic rings. The lowest BCUT2D eigenvalue weighted by atomic mass is 10.1. The molecule has 0 amide bonds. The molecule has 2 atom stereocenters. The van der Waals surface area contributed by atoms with Gasteiger partial charge < -0.3 is 25.2 Å². The normalized spacial score (nSPS) is 22.2. The van der Waals surface area contributed by atoms with Gasteiger partial charge in [0.25, 0.3) is 0 Å². The van der Waals surface area contributed by atoms with Crippen LogP contribution in [-0.4, -0.2) is 81.3 Å². The van der Waals surface area contributed by atoms with Gasteiger partial charge in [-0.2, -0.15) is 0 Å². The first-order valence-electron chi connectivity index (χ1n) is 10.3. The summed E-state index contributed by atoms with van der Waals surface area (Å²) >= 11 is 0. The van der Waals surface area contributed by atoms with Gasteiger partial charge >= 0.3 is 0 Å². The van der Waals surface area contributed by atoms with Crippen molar-refractivity contribution in [2.24, 2.45) is 10.9 Å². The van der Waals surface area contributed by atoms with Gasteiger partial charge in [-0.15, -0.1) is 0 Å². The van der Waals surface area contributed by atoms with E-state index in [1.807, 2.05) is 19.2 Å². The molecule has 1 saturated heterocycles. The summed E-state index contributed by atoms with van der Waals surface area (Å²) in [5.41, 5.74) is 1.30. The lowest BCUT2D eigenvalue weighted by Gasteiger charge is -2.35. The Bertz CT molecular complexity index is 587. The Morgan fingerprint density at radius 3 is 2.63 bits per heavy atom. The van der Waals surface area contributed by atoms with E-state index in [0.29, 0.717) is 5.92 Å². The molecule has 1 fully saturated rings. The third kappa shape index (κ3) is 5.84. The van der Waals surface area contributed by atoms with Gasteiger partial charge in [-0.25, -0.2) is 0 Å². The second kappa shape index (κ2) is 9.95. The first kappa shape index (κ1) is 20.0. The quantitative estimate of drug-likeness (QED) is 0.559. The number of benzene rings is 1. The maximum atomic E-state index is 5.99. The first-order chi connectivity index (χ1) is 13.2. The third-order valence-corrected chi connectivity index (χ3v) is 5.53. The molecule has 0 aliphatic carbocycles. The molecule has 0 radical (unpaired) electrons. The molecule has 0 spiro atoms. The number of nitrogens with one attached hydrogen (secondary N) is 2. The van der Waals surface area contributed by atoms with Gasteiger partial charge in [0.05, 0.1) is 6.54 Å². The minimum Gasteiger partial charge on any atom is -0.488 e. The van der Waals surface area contributed by atoms with Crippen LogP contribution in [0.25, 0.3) is 0 Å². The van der Waals surface area contributed by atoms with Crippen LogP contribution in [0.4, 0.5) is 0 Å². The lowest BCUT2D eigenvalue weighted by Crippen LogP contribution is -2.49. The highest BCUT2D eigenvalue weighted by Crippen LogP contribution is 2.27. The van der Waals surface area contributed by atoms with Crippen LogP contribution in [0, 0.1) is 5.92 Å². The highest BCUT2D eigenvalue weighted by Gasteiger charge is 2.22. The molecule has 2 N–H and O–H groups in total. The first-order valence-corrected chi connectivity index (χ1v) is 10.3. The smallest absolute Gasteiger partial charge is 0.191 e. The van der Waals surface area contributed by atoms with Crippen molar-refractivity contribution >= 4 is 5.96 Å². The molecule has 2 heterocycles. The molecular formula is C21H35N5O. The monoisotopic (exact) mass is 373 g/mol. The predicted molar refractivity (Wildman–Crippen MR) is 112 cm³/mol. The lowest BCUT2D eigenvalue weighted by molar-refractivity contribution is 0.124. The van der Waals surface area contributed by atoms with E-state index in [1.165, 1.54) is 38.3 Å². The molecule has 1 aromatic carbocycles. The van der Waals surface area contributed by atoms with E-state index >= 15 is 0 Å². The van der Waals surface area contributed by atoms with Gasteiger partial charge in [0.15, 0.2) is 5.96 Å². The zero-order valence-corrected chi connectivity index (χ0v) is 17.1. The number of nitrogens with zero attached hydrogens (tertiary/aromatic N) is 3. The van der Waals surface area contributed by atoms with Crippen molar-refractivity contribution < 1.29 is 4.74 Å². The number of fused-ring (bicyclic) bond motifs is 1. The maximum Gasteiger partial charge on any atom is 0.191 e. The summed E-state index contributed by atoms with van der Waals surface area (Å²) in [6.45, 7) is 13.3. The molecule has 2 unspecified atom stereocenters. The van der Waals surface area contributed by atoms with Crippen LogP contribution >= 0.6 is 0 Å². The number of ether oxygens (including phenoxy) is 1. The van der Waals surface area contributed by atoms with Crippen LogP contribution in [-0.2, 0) is 6.42 Å². The minimum atomic E-state index is 0.174. The van der Waals surface area contributed by atoms with Crippen molar-refractivity contribution in [1.82, 2.24) is 20.4 Å². The maximum absolute atomic E-state index is 5.99. The number of aliphatic imine (C=N–C) groups is 1. The Labute approximate surface area is 164 Å². The second-order valence-electron chi connectivity index (χ2n) is 7.73. The van der Waals surface area contributed by atoms with Crippen LogP contribution in [0.3, 0.4) is 0 Å². The van der Waals surface area contributed by atoms with Gasteiger partial charge in [0, 0.05) is 52.7 Å². The zero-order chi connectivity index (χ0) is 19.1. The van der Waals surface area contributed by atoms with Crippen molar-refractivity contribution in [1.29, 1.82) is 0 Å². The number of guanidine groups is 1. The van der Waals surface area contributed by atoms with Gasteiger partial charge in [0.2, 0.25) is 0 Å². The fraction of sp³-hybridized carbons (Fsp3) is 0.667. The van der Waals surface area contributed by atoms with Crippen molar-refractivity contribution in [2.75, 3.05) is 59.4 Å². The van der Waals surface area contributed by atoms with E-state index in [-0.39, 0.29) is 6.10 Å². The molecule has 1 aromatic rings. The van der Waals surface area contributed by atoms with Gasteiger partial charge in [-0.3, -0.25) is 4.99 Å². The molecule has 150 valence electrons. The van der Waals surface area contributed by atoms with E-state index < -0.39 is 0 Å². The molecule has 6 nitrogen and oxygen atoms in total. The summed E-state index contributed by atoms with van der Waals surface area (Å²) in [7, 11) is 1.83. The SMILES string of the molecule is CCN1CCN(CC(C)CNC(=NC)NCC2Cc3ccccc3O2)CC1. The third-order valence-electron chi connectivity index (χ3n) is 5.53. The number of para-hydroxylation sites is 1. The number of hydrogen-bond donors (Lipinski definition) is 2. The van der Waals surface area contributed by atoms with Crippen LogP contribution in [0.2, 0.25) is 0 Å². The molecule has 0 saturated carbocycles. The molecule has 0 aromatic heterocycles. The summed E-state index contributed by atoms with van der Waals surface area (Å²) in [5.74, 6) is 2.46. The van der Waals surface area contributed by atoms with E-state index in [4.69, 9.17) is 4.74 Å². The van der Waals surface area contributed by atoms with E-state index in [9.17, 15) is 0 Å². The Morgan fingerprint density at radius 1 is 1.19 bits per heavy atom. The highest BCUT2D eigenvalue weighted by molar-refractivity contribution is 5.79. The predicted octanol–water partition coefficient (Wildman–Crippen LogP) is 1.43. The Balaban J connectivity index is 1.33. The number of piperazine rings is 1. The zero-order valence-electron chi connectivity index (χ0n) is 17.1. The molecule has 6 heteroatoms. The van der Waals surface area contributed by atoms with E-state index in [1.54, 1.807) is 0 Å². The van der Waals surface area contributed by atoms with Crippen LogP contribution in [0.1, 0.15) is 19.4 Å². The largest absolute Gasteiger partial charge is 0.488 e. The van der Waals surface area contributed by atoms with E-state index in [0.717, 1.165) is 37.8 Å². The number of rotatable bonds is 7. The fourth-order valence-corrected chi connectivity index (χ4v) is 3.86. The summed E-state index contributed by atoms with van der Waals surface area (Å²) in [6.07, 6.45) is 1.13. The van der Waals surface area contributed by atoms with Gasteiger partial charge in [-0.05, 0) is 24.1 Å². The topological polar surface area (TPSA) is 52.1 Å². The average Bonchev–Trinajstić information content (AvgIpc) is 3.11. The van der Waals surface area contributed by atoms with Crippen LogP contribution in [0.5, 0.6) is 5.75 Å². The van der Waals surface area contributed by atoms with Crippen LogP contribution in [0.15, 0.2) is 29.3 Å². The molecule has 27 heavy (non-hydrogen) atoms.